The van der Waals surface area contributed by atoms with Crippen LogP contribution >= 0.6 is 11.3 Å². The fourth-order valence-corrected chi connectivity index (χ4v) is 3.24. The minimum absolute atomic E-state index is 0.0985. The number of nitriles is 1. The molecule has 0 spiro atoms. The van der Waals surface area contributed by atoms with Crippen molar-refractivity contribution in [2.45, 2.75) is 20.8 Å². The molecule has 0 bridgehead atoms. The van der Waals surface area contributed by atoms with Crippen LogP contribution in [0.15, 0.2) is 30.3 Å². The molecule has 2 aromatic heterocycles. The number of hydrogen-bond donors (Lipinski definition) is 1. The molecule has 120 valence electrons. The maximum Gasteiger partial charge on any atom is 0.154 e. The van der Waals surface area contributed by atoms with E-state index in [1.165, 1.54) is 16.1 Å². The molecule has 0 unspecified atom stereocenters. The molecule has 7 heteroatoms. The summed E-state index contributed by atoms with van der Waals surface area (Å²) in [7, 11) is 0. The van der Waals surface area contributed by atoms with Gasteiger partial charge in [-0.15, -0.1) is 16.4 Å². The fraction of sp³-hybridized carbons (Fsp3) is 0.176. The standard InChI is InChI=1S/C17H15N5OS/c1-10-15(21-22(20-10)13-7-5-4-6-8-13)14(9-18)16(23)17-11(2)19-12(3)24-17/h4-8,23H,1-3H3. The second-order valence-electron chi connectivity index (χ2n) is 5.24. The van der Waals surface area contributed by atoms with Gasteiger partial charge >= 0.3 is 0 Å². The number of para-hydroxylation sites is 1. The van der Waals surface area contributed by atoms with Crippen molar-refractivity contribution in [3.05, 3.63) is 57.3 Å². The van der Waals surface area contributed by atoms with Crippen molar-refractivity contribution in [3.63, 3.8) is 0 Å². The minimum Gasteiger partial charge on any atom is -0.505 e. The molecule has 6 nitrogen and oxygen atoms in total. The Hall–Kier alpha value is -2.98. The third-order valence-electron chi connectivity index (χ3n) is 3.47. The smallest absolute Gasteiger partial charge is 0.154 e. The van der Waals surface area contributed by atoms with Gasteiger partial charge in [0.05, 0.1) is 27.0 Å². The van der Waals surface area contributed by atoms with Crippen LogP contribution in [-0.4, -0.2) is 25.1 Å². The summed E-state index contributed by atoms with van der Waals surface area (Å²) in [5.41, 5.74) is 2.51. The number of aliphatic hydroxyl groups is 1. The molecule has 0 amide bonds. The molecule has 3 aromatic rings. The van der Waals surface area contributed by atoms with Gasteiger partial charge in [0.25, 0.3) is 0 Å². The summed E-state index contributed by atoms with van der Waals surface area (Å²) in [6.45, 7) is 5.42. The van der Waals surface area contributed by atoms with Crippen molar-refractivity contribution < 1.29 is 5.11 Å². The fourth-order valence-electron chi connectivity index (χ4n) is 2.37. The van der Waals surface area contributed by atoms with Crippen molar-refractivity contribution in [2.24, 2.45) is 0 Å². The number of hydrogen-bond acceptors (Lipinski definition) is 6. The predicted octanol–water partition coefficient (Wildman–Crippen LogP) is 3.60. The topological polar surface area (TPSA) is 87.6 Å². The van der Waals surface area contributed by atoms with Gasteiger partial charge < -0.3 is 5.11 Å². The molecular formula is C17H15N5OS. The first-order valence-corrected chi connectivity index (χ1v) is 8.10. The zero-order chi connectivity index (χ0) is 17.3. The number of aryl methyl sites for hydroxylation is 3. The first-order chi connectivity index (χ1) is 11.5. The lowest BCUT2D eigenvalue weighted by Crippen LogP contribution is -1.99. The van der Waals surface area contributed by atoms with E-state index in [0.717, 1.165) is 10.7 Å². The third kappa shape index (κ3) is 2.79. The quantitative estimate of drug-likeness (QED) is 0.583. The Morgan fingerprint density at radius 1 is 1.12 bits per heavy atom. The normalized spacial score (nSPS) is 11.9. The zero-order valence-electron chi connectivity index (χ0n) is 13.5. The van der Waals surface area contributed by atoms with Crippen LogP contribution in [0, 0.1) is 32.1 Å². The van der Waals surface area contributed by atoms with Crippen LogP contribution in [-0.2, 0) is 0 Å². The number of aliphatic hydroxyl groups excluding tert-OH is 1. The van der Waals surface area contributed by atoms with E-state index in [9.17, 15) is 10.4 Å². The predicted molar refractivity (Wildman–Crippen MR) is 92.7 cm³/mol. The average Bonchev–Trinajstić information content (AvgIpc) is 3.11. The van der Waals surface area contributed by atoms with E-state index in [4.69, 9.17) is 0 Å². The van der Waals surface area contributed by atoms with Crippen LogP contribution in [0.5, 0.6) is 0 Å². The van der Waals surface area contributed by atoms with Crippen molar-refractivity contribution in [3.8, 4) is 11.8 Å². The lowest BCUT2D eigenvalue weighted by Gasteiger charge is -2.01. The molecule has 24 heavy (non-hydrogen) atoms. The highest BCUT2D eigenvalue weighted by molar-refractivity contribution is 7.12. The molecule has 1 N–H and O–H groups in total. The van der Waals surface area contributed by atoms with Gasteiger partial charge in [-0.1, -0.05) is 18.2 Å². The number of allylic oxidation sites excluding steroid dienone is 1. The molecular weight excluding hydrogens is 322 g/mol. The number of thiazole rings is 1. The molecule has 0 radical (unpaired) electrons. The summed E-state index contributed by atoms with van der Waals surface area (Å²) in [6.07, 6.45) is 0. The van der Waals surface area contributed by atoms with Gasteiger partial charge in [-0.25, -0.2) is 4.98 Å². The summed E-state index contributed by atoms with van der Waals surface area (Å²) in [5.74, 6) is -0.108. The number of nitrogens with zero attached hydrogens (tertiary/aromatic N) is 5. The minimum atomic E-state index is -0.108. The van der Waals surface area contributed by atoms with Crippen molar-refractivity contribution in [1.82, 2.24) is 20.0 Å². The SMILES string of the molecule is Cc1nc(C)c(C(O)=C(C#N)c2nn(-c3ccccc3)nc2C)s1. The van der Waals surface area contributed by atoms with Crippen molar-refractivity contribution in [2.75, 3.05) is 0 Å². The molecule has 0 aliphatic rings. The molecule has 0 saturated heterocycles. The second kappa shape index (κ2) is 6.26. The second-order valence-corrected chi connectivity index (χ2v) is 6.45. The lowest BCUT2D eigenvalue weighted by atomic mass is 10.1. The summed E-state index contributed by atoms with van der Waals surface area (Å²) < 4.78 is 0. The van der Waals surface area contributed by atoms with Gasteiger partial charge in [-0.05, 0) is 32.9 Å². The maximum absolute atomic E-state index is 10.6. The van der Waals surface area contributed by atoms with Crippen molar-refractivity contribution >= 4 is 22.7 Å². The first kappa shape index (κ1) is 15.9. The first-order valence-electron chi connectivity index (χ1n) is 7.28. The molecule has 0 fully saturated rings. The van der Waals surface area contributed by atoms with Gasteiger partial charge in [-0.2, -0.15) is 15.2 Å². The van der Waals surface area contributed by atoms with E-state index in [0.29, 0.717) is 22.0 Å². The zero-order valence-corrected chi connectivity index (χ0v) is 14.3. The Balaban J connectivity index is 2.13. The van der Waals surface area contributed by atoms with Crippen LogP contribution in [0.2, 0.25) is 0 Å². The van der Waals surface area contributed by atoms with Crippen LogP contribution in [0.25, 0.3) is 17.0 Å². The highest BCUT2D eigenvalue weighted by Gasteiger charge is 2.21. The van der Waals surface area contributed by atoms with E-state index >= 15 is 0 Å². The van der Waals surface area contributed by atoms with Crippen LogP contribution in [0.4, 0.5) is 0 Å². The van der Waals surface area contributed by atoms with Gasteiger partial charge in [-0.3, -0.25) is 0 Å². The average molecular weight is 337 g/mol. The monoisotopic (exact) mass is 337 g/mol. The molecule has 0 atom stereocenters. The summed E-state index contributed by atoms with van der Waals surface area (Å²) in [6, 6.07) is 11.5. The van der Waals surface area contributed by atoms with E-state index in [2.05, 4.69) is 21.3 Å². The Kier molecular flexibility index (Phi) is 4.15. The van der Waals surface area contributed by atoms with Crippen molar-refractivity contribution in [1.29, 1.82) is 5.26 Å². The maximum atomic E-state index is 10.6. The van der Waals surface area contributed by atoms with Crippen LogP contribution < -0.4 is 0 Å². The Morgan fingerprint density at radius 3 is 2.42 bits per heavy atom. The van der Waals surface area contributed by atoms with Crippen LogP contribution in [0.3, 0.4) is 0 Å². The highest BCUT2D eigenvalue weighted by Crippen LogP contribution is 2.30. The molecule has 0 saturated carbocycles. The number of rotatable bonds is 3. The molecule has 3 rings (SSSR count). The summed E-state index contributed by atoms with van der Waals surface area (Å²) in [4.78, 5) is 6.33. The Bertz CT molecular complexity index is 963. The summed E-state index contributed by atoms with van der Waals surface area (Å²) in [5, 5.41) is 29.7. The van der Waals surface area contributed by atoms with E-state index in [1.54, 1.807) is 13.8 Å². The van der Waals surface area contributed by atoms with Gasteiger partial charge in [0.1, 0.15) is 17.3 Å². The Labute approximate surface area is 143 Å². The number of benzene rings is 1. The lowest BCUT2D eigenvalue weighted by molar-refractivity contribution is 0.515. The van der Waals surface area contributed by atoms with E-state index < -0.39 is 0 Å². The molecule has 0 aliphatic heterocycles. The summed E-state index contributed by atoms with van der Waals surface area (Å²) >= 11 is 1.34. The highest BCUT2D eigenvalue weighted by atomic mass is 32.1. The Morgan fingerprint density at radius 2 is 1.83 bits per heavy atom. The van der Waals surface area contributed by atoms with Crippen LogP contribution in [0.1, 0.15) is 27.0 Å². The van der Waals surface area contributed by atoms with Gasteiger partial charge in [0.15, 0.2) is 5.76 Å². The van der Waals surface area contributed by atoms with Gasteiger partial charge in [0, 0.05) is 0 Å². The third-order valence-corrected chi connectivity index (χ3v) is 4.55. The molecule has 0 aliphatic carbocycles. The molecule has 2 heterocycles. The largest absolute Gasteiger partial charge is 0.505 e. The molecule has 1 aromatic carbocycles. The van der Waals surface area contributed by atoms with E-state index in [1.807, 2.05) is 37.3 Å². The van der Waals surface area contributed by atoms with E-state index in [-0.39, 0.29) is 11.3 Å². The van der Waals surface area contributed by atoms with Gasteiger partial charge in [0.2, 0.25) is 0 Å². The number of aromatic nitrogens is 4.